The number of hydrogen-bond donors (Lipinski definition) is 0. The van der Waals surface area contributed by atoms with Crippen molar-refractivity contribution >= 4 is 15.9 Å². The van der Waals surface area contributed by atoms with Crippen LogP contribution >= 0.6 is 15.9 Å². The highest BCUT2D eigenvalue weighted by atomic mass is 79.9. The van der Waals surface area contributed by atoms with E-state index in [2.05, 4.69) is 36.7 Å². The SMILES string of the molecule is CC1CC(OC2(CBr)CCCC2)CC(C)(C)C1. The molecular formula is C15H27BrO. The summed E-state index contributed by atoms with van der Waals surface area (Å²) in [5.74, 6) is 0.817. The van der Waals surface area contributed by atoms with E-state index in [1.54, 1.807) is 0 Å². The molecule has 0 heterocycles. The third-order valence-corrected chi connectivity index (χ3v) is 5.54. The molecule has 0 saturated heterocycles. The summed E-state index contributed by atoms with van der Waals surface area (Å²) < 4.78 is 6.55. The molecule has 0 radical (unpaired) electrons. The van der Waals surface area contributed by atoms with Crippen molar-refractivity contribution in [3.8, 4) is 0 Å². The molecule has 2 fully saturated rings. The number of ether oxygens (including phenoxy) is 1. The third-order valence-electron chi connectivity index (χ3n) is 4.52. The van der Waals surface area contributed by atoms with Crippen LogP contribution in [0.1, 0.15) is 65.7 Å². The van der Waals surface area contributed by atoms with Gasteiger partial charge in [0.1, 0.15) is 0 Å². The lowest BCUT2D eigenvalue weighted by Gasteiger charge is -2.42. The van der Waals surface area contributed by atoms with Crippen molar-refractivity contribution in [1.82, 2.24) is 0 Å². The molecular weight excluding hydrogens is 276 g/mol. The lowest BCUT2D eigenvalue weighted by Crippen LogP contribution is -2.41. The van der Waals surface area contributed by atoms with Crippen molar-refractivity contribution in [2.24, 2.45) is 11.3 Å². The van der Waals surface area contributed by atoms with Crippen molar-refractivity contribution in [1.29, 1.82) is 0 Å². The van der Waals surface area contributed by atoms with E-state index in [-0.39, 0.29) is 5.60 Å². The first kappa shape index (κ1) is 13.9. The average Bonchev–Trinajstić information content (AvgIpc) is 2.63. The molecule has 2 atom stereocenters. The van der Waals surface area contributed by atoms with Gasteiger partial charge >= 0.3 is 0 Å². The Balaban J connectivity index is 1.97. The minimum atomic E-state index is 0.164. The molecule has 0 bridgehead atoms. The van der Waals surface area contributed by atoms with Crippen LogP contribution in [0.5, 0.6) is 0 Å². The molecule has 17 heavy (non-hydrogen) atoms. The van der Waals surface area contributed by atoms with Crippen LogP contribution in [0.4, 0.5) is 0 Å². The van der Waals surface area contributed by atoms with Crippen LogP contribution in [0.25, 0.3) is 0 Å². The molecule has 100 valence electrons. The highest BCUT2D eigenvalue weighted by Crippen LogP contribution is 2.43. The van der Waals surface area contributed by atoms with E-state index in [1.807, 2.05) is 0 Å². The second-order valence-electron chi connectivity index (χ2n) is 7.18. The van der Waals surface area contributed by atoms with Gasteiger partial charge in [0.2, 0.25) is 0 Å². The largest absolute Gasteiger partial charge is 0.371 e. The van der Waals surface area contributed by atoms with Crippen LogP contribution in [0.2, 0.25) is 0 Å². The summed E-state index contributed by atoms with van der Waals surface area (Å²) >= 11 is 3.68. The molecule has 0 aromatic heterocycles. The fraction of sp³-hybridized carbons (Fsp3) is 1.00. The number of alkyl halides is 1. The monoisotopic (exact) mass is 302 g/mol. The third kappa shape index (κ3) is 3.47. The lowest BCUT2D eigenvalue weighted by atomic mass is 9.71. The normalized spacial score (nSPS) is 36.0. The molecule has 0 amide bonds. The van der Waals surface area contributed by atoms with Crippen molar-refractivity contribution < 1.29 is 4.74 Å². The zero-order valence-electron chi connectivity index (χ0n) is 11.6. The summed E-state index contributed by atoms with van der Waals surface area (Å²) in [6.45, 7) is 7.18. The highest BCUT2D eigenvalue weighted by molar-refractivity contribution is 9.09. The quantitative estimate of drug-likeness (QED) is 0.672. The van der Waals surface area contributed by atoms with E-state index in [0.29, 0.717) is 11.5 Å². The van der Waals surface area contributed by atoms with Gasteiger partial charge in [0, 0.05) is 5.33 Å². The van der Waals surface area contributed by atoms with E-state index in [1.165, 1.54) is 44.9 Å². The van der Waals surface area contributed by atoms with Crippen LogP contribution in [-0.2, 0) is 4.74 Å². The molecule has 0 aromatic carbocycles. The average molecular weight is 303 g/mol. The number of halogens is 1. The van der Waals surface area contributed by atoms with Crippen molar-refractivity contribution in [3.05, 3.63) is 0 Å². The maximum atomic E-state index is 6.55. The van der Waals surface area contributed by atoms with Crippen LogP contribution in [-0.4, -0.2) is 17.0 Å². The van der Waals surface area contributed by atoms with Crippen LogP contribution in [0, 0.1) is 11.3 Å². The lowest BCUT2D eigenvalue weighted by molar-refractivity contribution is -0.111. The second kappa shape index (κ2) is 5.21. The van der Waals surface area contributed by atoms with Gasteiger partial charge in [-0.2, -0.15) is 0 Å². The second-order valence-corrected chi connectivity index (χ2v) is 7.74. The Labute approximate surface area is 115 Å². The van der Waals surface area contributed by atoms with Gasteiger partial charge in [0.05, 0.1) is 11.7 Å². The van der Waals surface area contributed by atoms with E-state index in [0.717, 1.165) is 11.2 Å². The van der Waals surface area contributed by atoms with Gasteiger partial charge < -0.3 is 4.74 Å². The minimum absolute atomic E-state index is 0.164. The van der Waals surface area contributed by atoms with Gasteiger partial charge in [-0.25, -0.2) is 0 Å². The zero-order chi connectivity index (χ0) is 12.5. The Hall–Kier alpha value is 0.440. The van der Waals surface area contributed by atoms with Gasteiger partial charge in [-0.15, -0.1) is 0 Å². The molecule has 2 saturated carbocycles. The van der Waals surface area contributed by atoms with Crippen LogP contribution < -0.4 is 0 Å². The van der Waals surface area contributed by atoms with Crippen molar-refractivity contribution in [3.63, 3.8) is 0 Å². The maximum absolute atomic E-state index is 6.55. The van der Waals surface area contributed by atoms with E-state index in [9.17, 15) is 0 Å². The molecule has 2 aliphatic rings. The van der Waals surface area contributed by atoms with Gasteiger partial charge in [-0.3, -0.25) is 0 Å². The minimum Gasteiger partial charge on any atom is -0.371 e. The summed E-state index contributed by atoms with van der Waals surface area (Å²) in [5, 5.41) is 1.02. The predicted molar refractivity (Wildman–Crippen MR) is 76.7 cm³/mol. The highest BCUT2D eigenvalue weighted by Gasteiger charge is 2.40. The standard InChI is InChI=1S/C15H27BrO/c1-12-8-13(10-14(2,3)9-12)17-15(11-16)6-4-5-7-15/h12-13H,4-11H2,1-3H3. The van der Waals surface area contributed by atoms with Gasteiger partial charge in [0.15, 0.2) is 0 Å². The molecule has 1 nitrogen and oxygen atoms in total. The zero-order valence-corrected chi connectivity index (χ0v) is 13.2. The molecule has 2 unspecified atom stereocenters. The predicted octanol–water partition coefficient (Wildman–Crippen LogP) is 4.93. The Morgan fingerprint density at radius 1 is 1.18 bits per heavy atom. The first-order chi connectivity index (χ1) is 7.95. The van der Waals surface area contributed by atoms with Crippen LogP contribution in [0.3, 0.4) is 0 Å². The topological polar surface area (TPSA) is 9.23 Å². The fourth-order valence-electron chi connectivity index (χ4n) is 4.00. The fourth-order valence-corrected chi connectivity index (χ4v) is 4.70. The van der Waals surface area contributed by atoms with E-state index < -0.39 is 0 Å². The smallest absolute Gasteiger partial charge is 0.0782 e. The Kier molecular flexibility index (Phi) is 4.24. The van der Waals surface area contributed by atoms with Crippen LogP contribution in [0.15, 0.2) is 0 Å². The van der Waals surface area contributed by atoms with E-state index >= 15 is 0 Å². The molecule has 2 rings (SSSR count). The number of hydrogen-bond acceptors (Lipinski definition) is 1. The summed E-state index contributed by atoms with van der Waals surface area (Å²) in [7, 11) is 0. The Morgan fingerprint density at radius 2 is 1.82 bits per heavy atom. The molecule has 0 N–H and O–H groups in total. The Morgan fingerprint density at radius 3 is 2.35 bits per heavy atom. The molecule has 0 spiro atoms. The van der Waals surface area contributed by atoms with E-state index in [4.69, 9.17) is 4.74 Å². The van der Waals surface area contributed by atoms with Gasteiger partial charge in [-0.1, -0.05) is 49.5 Å². The molecule has 2 aliphatic carbocycles. The summed E-state index contributed by atoms with van der Waals surface area (Å²) in [5.41, 5.74) is 0.631. The van der Waals surface area contributed by atoms with Gasteiger partial charge in [-0.05, 0) is 43.4 Å². The summed E-state index contributed by atoms with van der Waals surface area (Å²) in [6.07, 6.45) is 9.55. The van der Waals surface area contributed by atoms with Gasteiger partial charge in [0.25, 0.3) is 0 Å². The molecule has 0 aliphatic heterocycles. The van der Waals surface area contributed by atoms with Crippen molar-refractivity contribution in [2.45, 2.75) is 77.4 Å². The first-order valence-electron chi connectivity index (χ1n) is 7.19. The number of rotatable bonds is 3. The molecule has 2 heteroatoms. The van der Waals surface area contributed by atoms with Crippen molar-refractivity contribution in [2.75, 3.05) is 5.33 Å². The summed E-state index contributed by atoms with van der Waals surface area (Å²) in [4.78, 5) is 0. The Bertz CT molecular complexity index is 256. The summed E-state index contributed by atoms with van der Waals surface area (Å²) in [6, 6.07) is 0. The molecule has 0 aromatic rings. The maximum Gasteiger partial charge on any atom is 0.0782 e. The first-order valence-corrected chi connectivity index (χ1v) is 8.31.